The van der Waals surface area contributed by atoms with Gasteiger partial charge in [-0.15, -0.1) is 0 Å². The molecular weight excluding hydrogens is 361 g/mol. The first-order chi connectivity index (χ1) is 11.7. The number of carbonyl (C=O) groups is 1. The van der Waals surface area contributed by atoms with Crippen molar-refractivity contribution in [2.75, 3.05) is 26.8 Å². The Bertz CT molecular complexity index is 615. The maximum Gasteiger partial charge on any atom is 0.410 e. The molecule has 2 rings (SSSR count). The molecule has 1 heterocycles. The van der Waals surface area contributed by atoms with Crippen LogP contribution in [-0.4, -0.2) is 43.4 Å². The second-order valence-electron chi connectivity index (χ2n) is 7.66. The summed E-state index contributed by atoms with van der Waals surface area (Å²) in [6.07, 6.45) is 2.41. The van der Waals surface area contributed by atoms with Crippen molar-refractivity contribution in [2.45, 2.75) is 51.0 Å². The van der Waals surface area contributed by atoms with E-state index in [-0.39, 0.29) is 11.5 Å². The number of ether oxygens (including phenoxy) is 2. The fourth-order valence-electron chi connectivity index (χ4n) is 3.32. The predicted molar refractivity (Wildman–Crippen MR) is 102 cm³/mol. The summed E-state index contributed by atoms with van der Waals surface area (Å²) in [7, 11) is 1.69. The number of hydrogen-bond acceptors (Lipinski definition) is 3. The highest BCUT2D eigenvalue weighted by Crippen LogP contribution is 2.40. The maximum atomic E-state index is 12.6. The molecule has 0 aromatic heterocycles. The number of amides is 1. The van der Waals surface area contributed by atoms with E-state index in [1.165, 1.54) is 0 Å². The van der Waals surface area contributed by atoms with E-state index in [1.54, 1.807) is 12.0 Å². The number of rotatable bonds is 4. The van der Waals surface area contributed by atoms with Gasteiger partial charge < -0.3 is 14.4 Å². The lowest BCUT2D eigenvalue weighted by molar-refractivity contribution is 0.0105. The topological polar surface area (TPSA) is 38.8 Å². The van der Waals surface area contributed by atoms with E-state index >= 15 is 0 Å². The number of methoxy groups -OCH3 is 1. The summed E-state index contributed by atoms with van der Waals surface area (Å²) in [6, 6.07) is 5.74. The van der Waals surface area contributed by atoms with Crippen LogP contribution in [0.25, 0.3) is 0 Å². The van der Waals surface area contributed by atoms with Gasteiger partial charge in [-0.2, -0.15) is 0 Å². The van der Waals surface area contributed by atoms with Gasteiger partial charge in [-0.1, -0.05) is 29.3 Å². The van der Waals surface area contributed by atoms with Crippen molar-refractivity contribution >= 4 is 29.3 Å². The summed E-state index contributed by atoms with van der Waals surface area (Å²) in [6.45, 7) is 7.54. The molecule has 1 saturated heterocycles. The van der Waals surface area contributed by atoms with Gasteiger partial charge in [0.25, 0.3) is 0 Å². The summed E-state index contributed by atoms with van der Waals surface area (Å²) < 4.78 is 10.9. The van der Waals surface area contributed by atoms with Crippen LogP contribution in [0.5, 0.6) is 0 Å². The second kappa shape index (κ2) is 8.15. The minimum absolute atomic E-state index is 0.209. The van der Waals surface area contributed by atoms with Gasteiger partial charge in [0.05, 0.1) is 10.0 Å². The zero-order valence-electron chi connectivity index (χ0n) is 15.4. The summed E-state index contributed by atoms with van der Waals surface area (Å²) >= 11 is 12.3. The van der Waals surface area contributed by atoms with Gasteiger partial charge in [0, 0.05) is 32.2 Å². The average molecular weight is 388 g/mol. The fraction of sp³-hybridized carbons (Fsp3) is 0.632. The highest BCUT2D eigenvalue weighted by Gasteiger charge is 2.39. The molecular formula is C19H27Cl2NO3. The molecule has 0 bridgehead atoms. The van der Waals surface area contributed by atoms with E-state index in [2.05, 4.69) is 0 Å². The third kappa shape index (κ3) is 5.25. The monoisotopic (exact) mass is 387 g/mol. The predicted octanol–water partition coefficient (Wildman–Crippen LogP) is 5.30. The number of hydrogen-bond donors (Lipinski definition) is 0. The van der Waals surface area contributed by atoms with Crippen molar-refractivity contribution < 1.29 is 14.3 Å². The highest BCUT2D eigenvalue weighted by atomic mass is 35.5. The number of likely N-dealkylation sites (tertiary alicyclic amines) is 1. The zero-order valence-corrected chi connectivity index (χ0v) is 16.9. The molecule has 140 valence electrons. The van der Waals surface area contributed by atoms with Gasteiger partial charge in [-0.25, -0.2) is 4.79 Å². The molecule has 6 heteroatoms. The number of carbonyl (C=O) groups excluding carboxylic acids is 1. The van der Waals surface area contributed by atoms with Crippen molar-refractivity contribution in [1.29, 1.82) is 0 Å². The Morgan fingerprint density at radius 2 is 2.00 bits per heavy atom. The quantitative estimate of drug-likeness (QED) is 0.703. The lowest BCUT2D eigenvalue weighted by Crippen LogP contribution is -2.50. The van der Waals surface area contributed by atoms with Crippen LogP contribution < -0.4 is 0 Å². The summed E-state index contributed by atoms with van der Waals surface area (Å²) in [5, 5.41) is 1.07. The van der Waals surface area contributed by atoms with Crippen LogP contribution in [0.1, 0.15) is 45.6 Å². The van der Waals surface area contributed by atoms with Crippen molar-refractivity contribution in [3.8, 4) is 0 Å². The van der Waals surface area contributed by atoms with Crippen LogP contribution in [0.15, 0.2) is 18.2 Å². The van der Waals surface area contributed by atoms with Gasteiger partial charge in [0.1, 0.15) is 5.60 Å². The standard InChI is InChI=1S/C19H27Cl2NO3/c1-18(2,3)25-17(23)22-10-5-8-19(13-22,9-11-24-4)14-6-7-15(20)16(21)12-14/h6-7,12H,5,8-11,13H2,1-4H3/t19-/m1/s1. The van der Waals surface area contributed by atoms with Crippen molar-refractivity contribution in [1.82, 2.24) is 4.90 Å². The van der Waals surface area contributed by atoms with Crippen molar-refractivity contribution in [3.63, 3.8) is 0 Å². The van der Waals surface area contributed by atoms with Crippen LogP contribution in [0, 0.1) is 0 Å². The molecule has 0 spiro atoms. The first-order valence-corrected chi connectivity index (χ1v) is 9.35. The van der Waals surface area contributed by atoms with Gasteiger partial charge in [-0.3, -0.25) is 0 Å². The summed E-state index contributed by atoms with van der Waals surface area (Å²) in [5.41, 5.74) is 0.374. The Morgan fingerprint density at radius 3 is 2.60 bits per heavy atom. The van der Waals surface area contributed by atoms with E-state index in [0.717, 1.165) is 24.8 Å². The van der Waals surface area contributed by atoms with E-state index in [0.29, 0.717) is 29.7 Å². The number of halogens is 2. The molecule has 0 radical (unpaired) electrons. The van der Waals surface area contributed by atoms with E-state index in [1.807, 2.05) is 39.0 Å². The van der Waals surface area contributed by atoms with Crippen LogP contribution in [0.2, 0.25) is 10.0 Å². The van der Waals surface area contributed by atoms with E-state index in [9.17, 15) is 4.79 Å². The van der Waals surface area contributed by atoms with Gasteiger partial charge in [-0.05, 0) is 57.7 Å². The first kappa shape index (κ1) is 20.3. The molecule has 1 aromatic rings. The zero-order chi connectivity index (χ0) is 18.7. The van der Waals surface area contributed by atoms with Crippen LogP contribution >= 0.6 is 23.2 Å². The van der Waals surface area contributed by atoms with Crippen molar-refractivity contribution in [2.24, 2.45) is 0 Å². The Hall–Kier alpha value is -0.970. The Kier molecular flexibility index (Phi) is 6.63. The molecule has 0 unspecified atom stereocenters. The largest absolute Gasteiger partial charge is 0.444 e. The third-order valence-electron chi connectivity index (χ3n) is 4.55. The van der Waals surface area contributed by atoms with Crippen LogP contribution in [0.4, 0.5) is 4.79 Å². The van der Waals surface area contributed by atoms with Gasteiger partial charge in [0.15, 0.2) is 0 Å². The number of benzene rings is 1. The minimum atomic E-state index is -0.507. The molecule has 1 aromatic carbocycles. The first-order valence-electron chi connectivity index (χ1n) is 8.59. The SMILES string of the molecule is COCC[C@]1(c2ccc(Cl)c(Cl)c2)CCCN(C(=O)OC(C)(C)C)C1. The van der Waals surface area contributed by atoms with Gasteiger partial charge >= 0.3 is 6.09 Å². The molecule has 0 saturated carbocycles. The fourth-order valence-corrected chi connectivity index (χ4v) is 3.62. The summed E-state index contributed by atoms with van der Waals surface area (Å²) in [5.74, 6) is 0. The molecule has 4 nitrogen and oxygen atoms in total. The normalized spacial score (nSPS) is 21.3. The molecule has 1 aliphatic heterocycles. The van der Waals surface area contributed by atoms with Crippen LogP contribution in [-0.2, 0) is 14.9 Å². The number of piperidine rings is 1. The number of nitrogens with zero attached hydrogens (tertiary/aromatic N) is 1. The van der Waals surface area contributed by atoms with Crippen molar-refractivity contribution in [3.05, 3.63) is 33.8 Å². The van der Waals surface area contributed by atoms with E-state index < -0.39 is 5.60 Å². The minimum Gasteiger partial charge on any atom is -0.444 e. The molecule has 1 aliphatic rings. The molecule has 1 fully saturated rings. The van der Waals surface area contributed by atoms with E-state index in [4.69, 9.17) is 32.7 Å². The molecule has 1 atom stereocenters. The maximum absolute atomic E-state index is 12.6. The molecule has 25 heavy (non-hydrogen) atoms. The second-order valence-corrected chi connectivity index (χ2v) is 8.47. The molecule has 0 N–H and O–H groups in total. The lowest BCUT2D eigenvalue weighted by atomic mass is 9.72. The smallest absolute Gasteiger partial charge is 0.410 e. The third-order valence-corrected chi connectivity index (χ3v) is 5.28. The Morgan fingerprint density at radius 1 is 1.28 bits per heavy atom. The average Bonchev–Trinajstić information content (AvgIpc) is 2.54. The molecule has 0 aliphatic carbocycles. The van der Waals surface area contributed by atoms with Crippen LogP contribution in [0.3, 0.4) is 0 Å². The highest BCUT2D eigenvalue weighted by molar-refractivity contribution is 6.42. The van der Waals surface area contributed by atoms with Gasteiger partial charge in [0.2, 0.25) is 0 Å². The Balaban J connectivity index is 2.29. The molecule has 1 amide bonds. The summed E-state index contributed by atoms with van der Waals surface area (Å²) in [4.78, 5) is 14.4. The Labute approximate surface area is 160 Å². The lowest BCUT2D eigenvalue weighted by Gasteiger charge is -2.43.